The molecule has 4 heteroatoms. The number of aromatic nitrogens is 3. The summed E-state index contributed by atoms with van der Waals surface area (Å²) in [6.07, 6.45) is 3.58. The molecule has 1 aromatic heterocycles. The lowest BCUT2D eigenvalue weighted by Gasteiger charge is -2.42. The molecule has 1 heterocycles. The maximum absolute atomic E-state index is 10.9. The predicted molar refractivity (Wildman–Crippen MR) is 88.4 cm³/mol. The summed E-state index contributed by atoms with van der Waals surface area (Å²) in [5, 5.41) is 15.2. The Morgan fingerprint density at radius 1 is 1.09 bits per heavy atom. The second-order valence-corrected chi connectivity index (χ2v) is 7.78. The quantitative estimate of drug-likeness (QED) is 0.919. The van der Waals surface area contributed by atoms with Crippen LogP contribution in [0.25, 0.3) is 0 Å². The van der Waals surface area contributed by atoms with Crippen molar-refractivity contribution in [1.29, 1.82) is 0 Å². The van der Waals surface area contributed by atoms with Crippen LogP contribution in [0.2, 0.25) is 0 Å². The third-order valence-corrected chi connectivity index (χ3v) is 4.21. The van der Waals surface area contributed by atoms with Crippen molar-refractivity contribution in [3.8, 4) is 0 Å². The Bertz CT molecular complexity index is 570. The normalized spacial score (nSPS) is 15.5. The Morgan fingerprint density at radius 3 is 2.23 bits per heavy atom. The molecule has 0 aliphatic rings. The topological polar surface area (TPSA) is 50.9 Å². The van der Waals surface area contributed by atoms with Crippen LogP contribution < -0.4 is 0 Å². The Kier molecular flexibility index (Phi) is 4.71. The van der Waals surface area contributed by atoms with Crippen molar-refractivity contribution in [1.82, 2.24) is 14.8 Å². The van der Waals surface area contributed by atoms with Crippen molar-refractivity contribution in [2.75, 3.05) is 0 Å². The van der Waals surface area contributed by atoms with E-state index in [1.165, 1.54) is 11.9 Å². The van der Waals surface area contributed by atoms with Crippen LogP contribution in [0.4, 0.5) is 0 Å². The maximum atomic E-state index is 10.9. The van der Waals surface area contributed by atoms with Crippen LogP contribution in [0.5, 0.6) is 0 Å². The van der Waals surface area contributed by atoms with E-state index in [1.807, 2.05) is 6.07 Å². The number of hydrogen-bond acceptors (Lipinski definition) is 3. The zero-order valence-corrected chi connectivity index (χ0v) is 14.2. The van der Waals surface area contributed by atoms with Crippen LogP contribution in [-0.2, 0) is 6.42 Å². The maximum Gasteiger partial charge on any atom is 0.137 e. The predicted octanol–water partition coefficient (Wildman–Crippen LogP) is 3.50. The van der Waals surface area contributed by atoms with Crippen LogP contribution in [-0.4, -0.2) is 26.0 Å². The molecule has 0 saturated carbocycles. The minimum absolute atomic E-state index is 0.143. The number of rotatable bonds is 5. The van der Waals surface area contributed by atoms with Crippen molar-refractivity contribution in [3.05, 3.63) is 48.5 Å². The molecule has 0 aliphatic heterocycles. The lowest BCUT2D eigenvalue weighted by Crippen LogP contribution is -2.44. The van der Waals surface area contributed by atoms with Gasteiger partial charge in [-0.2, -0.15) is 5.10 Å². The summed E-state index contributed by atoms with van der Waals surface area (Å²) in [5.74, 6) is 0. The van der Waals surface area contributed by atoms with Gasteiger partial charge in [-0.3, -0.25) is 0 Å². The van der Waals surface area contributed by atoms with Gasteiger partial charge < -0.3 is 5.11 Å². The number of hydrogen-bond donors (Lipinski definition) is 1. The van der Waals surface area contributed by atoms with E-state index in [0.29, 0.717) is 0 Å². The molecule has 0 saturated heterocycles. The standard InChI is InChI=1S/C18H27N3O/c1-17(2,3)16(22)15(21-13-19-12-20-21)18(4,5)11-14-9-7-6-8-10-14/h6-10,12-13,15-16,22H,11H2,1-5H3. The Balaban J connectivity index is 2.35. The van der Waals surface area contributed by atoms with Gasteiger partial charge in [-0.15, -0.1) is 0 Å². The average molecular weight is 301 g/mol. The first-order valence-electron chi connectivity index (χ1n) is 7.78. The first-order chi connectivity index (χ1) is 10.2. The molecule has 2 rings (SSSR count). The Hall–Kier alpha value is -1.68. The molecule has 2 atom stereocenters. The van der Waals surface area contributed by atoms with Crippen LogP contribution in [0.15, 0.2) is 43.0 Å². The van der Waals surface area contributed by atoms with Crippen molar-refractivity contribution >= 4 is 0 Å². The van der Waals surface area contributed by atoms with Gasteiger partial charge in [-0.25, -0.2) is 9.67 Å². The zero-order valence-electron chi connectivity index (χ0n) is 14.2. The number of nitrogens with zero attached hydrogens (tertiary/aromatic N) is 3. The lowest BCUT2D eigenvalue weighted by atomic mass is 9.71. The van der Waals surface area contributed by atoms with Crippen molar-refractivity contribution < 1.29 is 5.11 Å². The van der Waals surface area contributed by atoms with E-state index in [2.05, 4.69) is 69.0 Å². The minimum Gasteiger partial charge on any atom is -0.390 e. The molecule has 2 aromatic rings. The smallest absolute Gasteiger partial charge is 0.137 e. The number of aliphatic hydroxyl groups is 1. The van der Waals surface area contributed by atoms with E-state index in [-0.39, 0.29) is 16.9 Å². The molecule has 2 unspecified atom stereocenters. The molecule has 1 N–H and O–H groups in total. The molecule has 120 valence electrons. The Labute approximate surface area is 133 Å². The second-order valence-electron chi connectivity index (χ2n) is 7.78. The molecule has 22 heavy (non-hydrogen) atoms. The molecular formula is C18H27N3O. The third kappa shape index (κ3) is 3.74. The van der Waals surface area contributed by atoms with Gasteiger partial charge in [-0.1, -0.05) is 65.0 Å². The molecule has 0 spiro atoms. The van der Waals surface area contributed by atoms with Gasteiger partial charge in [0.2, 0.25) is 0 Å². The van der Waals surface area contributed by atoms with E-state index in [1.54, 1.807) is 11.0 Å². The molecule has 0 fully saturated rings. The van der Waals surface area contributed by atoms with Crippen LogP contribution >= 0.6 is 0 Å². The lowest BCUT2D eigenvalue weighted by molar-refractivity contribution is -0.0336. The van der Waals surface area contributed by atoms with E-state index >= 15 is 0 Å². The highest BCUT2D eigenvalue weighted by Crippen LogP contribution is 2.41. The van der Waals surface area contributed by atoms with Crippen LogP contribution in [0.1, 0.15) is 46.2 Å². The molecule has 0 radical (unpaired) electrons. The van der Waals surface area contributed by atoms with E-state index in [9.17, 15) is 5.11 Å². The van der Waals surface area contributed by atoms with Crippen molar-refractivity contribution in [2.24, 2.45) is 10.8 Å². The van der Waals surface area contributed by atoms with Crippen LogP contribution in [0, 0.1) is 10.8 Å². The summed E-state index contributed by atoms with van der Waals surface area (Å²) >= 11 is 0. The number of aliphatic hydroxyl groups excluding tert-OH is 1. The minimum atomic E-state index is -0.520. The van der Waals surface area contributed by atoms with Gasteiger partial charge in [0.1, 0.15) is 12.7 Å². The molecule has 0 aliphatic carbocycles. The zero-order chi connectivity index (χ0) is 16.4. The van der Waals surface area contributed by atoms with E-state index in [0.717, 1.165) is 6.42 Å². The van der Waals surface area contributed by atoms with Gasteiger partial charge in [0.15, 0.2) is 0 Å². The highest BCUT2D eigenvalue weighted by Gasteiger charge is 2.42. The molecule has 1 aromatic carbocycles. The summed E-state index contributed by atoms with van der Waals surface area (Å²) in [5.41, 5.74) is 0.866. The fraction of sp³-hybridized carbons (Fsp3) is 0.556. The fourth-order valence-corrected chi connectivity index (χ4v) is 2.99. The van der Waals surface area contributed by atoms with Crippen molar-refractivity contribution in [2.45, 2.75) is 53.2 Å². The first kappa shape index (κ1) is 16.7. The van der Waals surface area contributed by atoms with Gasteiger partial charge in [0.25, 0.3) is 0 Å². The molecule has 0 bridgehead atoms. The van der Waals surface area contributed by atoms with Gasteiger partial charge >= 0.3 is 0 Å². The van der Waals surface area contributed by atoms with Crippen LogP contribution in [0.3, 0.4) is 0 Å². The fourth-order valence-electron chi connectivity index (χ4n) is 2.99. The summed E-state index contributed by atoms with van der Waals surface area (Å²) in [7, 11) is 0. The second kappa shape index (κ2) is 6.21. The molecule has 0 amide bonds. The number of benzene rings is 1. The van der Waals surface area contributed by atoms with Crippen molar-refractivity contribution in [3.63, 3.8) is 0 Å². The third-order valence-electron chi connectivity index (χ3n) is 4.21. The SMILES string of the molecule is CC(C)(C)C(O)C(n1cncn1)C(C)(C)Cc1ccccc1. The van der Waals surface area contributed by atoms with Gasteiger partial charge in [0, 0.05) is 0 Å². The van der Waals surface area contributed by atoms with E-state index in [4.69, 9.17) is 0 Å². The van der Waals surface area contributed by atoms with E-state index < -0.39 is 6.10 Å². The first-order valence-corrected chi connectivity index (χ1v) is 7.78. The summed E-state index contributed by atoms with van der Waals surface area (Å²) in [4.78, 5) is 4.07. The summed E-state index contributed by atoms with van der Waals surface area (Å²) < 4.78 is 1.80. The monoisotopic (exact) mass is 301 g/mol. The summed E-state index contributed by atoms with van der Waals surface area (Å²) in [6, 6.07) is 10.2. The molecular weight excluding hydrogens is 274 g/mol. The highest BCUT2D eigenvalue weighted by molar-refractivity contribution is 5.17. The average Bonchev–Trinajstić information content (AvgIpc) is 2.91. The van der Waals surface area contributed by atoms with Gasteiger partial charge in [0.05, 0.1) is 12.1 Å². The highest BCUT2D eigenvalue weighted by atomic mass is 16.3. The largest absolute Gasteiger partial charge is 0.390 e. The summed E-state index contributed by atoms with van der Waals surface area (Å²) in [6.45, 7) is 10.5. The Morgan fingerprint density at radius 2 is 1.73 bits per heavy atom. The van der Waals surface area contributed by atoms with Gasteiger partial charge in [-0.05, 0) is 22.8 Å². The molecule has 4 nitrogen and oxygen atoms in total.